The number of halogens is 1. The maximum Gasteiger partial charge on any atom is 0.217 e. The van der Waals surface area contributed by atoms with Crippen LogP contribution in [0.2, 0.25) is 0 Å². The normalized spacial score (nSPS) is 10.8. The molecule has 0 bridgehead atoms. The molecule has 0 aliphatic heterocycles. The van der Waals surface area contributed by atoms with Gasteiger partial charge < -0.3 is 10.7 Å². The fraction of sp³-hybridized carbons (Fsp3) is 0.250. The Bertz CT molecular complexity index is 519. The van der Waals surface area contributed by atoms with Gasteiger partial charge in [-0.05, 0) is 59.2 Å². The molecule has 0 fully saturated rings. The lowest BCUT2D eigenvalue weighted by Gasteiger charge is -1.98. The Kier molecular flexibility index (Phi) is 3.48. The van der Waals surface area contributed by atoms with Gasteiger partial charge in [-0.15, -0.1) is 0 Å². The molecule has 2 rings (SSSR count). The quantitative estimate of drug-likeness (QED) is 0.833. The van der Waals surface area contributed by atoms with E-state index in [0.29, 0.717) is 6.42 Å². The van der Waals surface area contributed by atoms with Crippen LogP contribution < -0.4 is 5.73 Å². The van der Waals surface area contributed by atoms with Crippen LogP contribution in [-0.4, -0.2) is 10.9 Å². The van der Waals surface area contributed by atoms with Gasteiger partial charge in [0.25, 0.3) is 0 Å². The van der Waals surface area contributed by atoms with Gasteiger partial charge >= 0.3 is 0 Å². The predicted molar refractivity (Wildman–Crippen MR) is 73.1 cm³/mol. The summed E-state index contributed by atoms with van der Waals surface area (Å²) >= 11 is 2.30. The number of aromatic nitrogens is 1. The van der Waals surface area contributed by atoms with Crippen molar-refractivity contribution >= 4 is 39.4 Å². The van der Waals surface area contributed by atoms with E-state index in [9.17, 15) is 4.79 Å². The Labute approximate surface area is 108 Å². The predicted octanol–water partition coefficient (Wildman–Crippen LogP) is 2.58. The van der Waals surface area contributed by atoms with Crippen molar-refractivity contribution in [2.75, 3.05) is 0 Å². The molecular formula is C12H13IN2O. The van der Waals surface area contributed by atoms with E-state index in [1.807, 2.05) is 6.20 Å². The molecule has 3 nitrogen and oxygen atoms in total. The van der Waals surface area contributed by atoms with Crippen molar-refractivity contribution in [2.24, 2.45) is 5.73 Å². The van der Waals surface area contributed by atoms with Gasteiger partial charge in [-0.3, -0.25) is 4.79 Å². The molecule has 0 spiro atoms. The number of carbonyl (C=O) groups excluding carboxylic acids is 1. The largest absolute Gasteiger partial charge is 0.370 e. The Morgan fingerprint density at radius 3 is 3.00 bits per heavy atom. The van der Waals surface area contributed by atoms with E-state index in [2.05, 4.69) is 45.8 Å². The summed E-state index contributed by atoms with van der Waals surface area (Å²) in [5.74, 6) is -0.227. The number of rotatable bonds is 4. The highest BCUT2D eigenvalue weighted by molar-refractivity contribution is 14.1. The maximum atomic E-state index is 10.7. The highest BCUT2D eigenvalue weighted by Gasteiger charge is 2.04. The summed E-state index contributed by atoms with van der Waals surface area (Å²) in [7, 11) is 0. The van der Waals surface area contributed by atoms with Gasteiger partial charge in [-0.25, -0.2) is 0 Å². The minimum absolute atomic E-state index is 0.227. The summed E-state index contributed by atoms with van der Waals surface area (Å²) in [6.45, 7) is 0. The molecule has 0 saturated heterocycles. The molecule has 84 valence electrons. The van der Waals surface area contributed by atoms with Crippen LogP contribution in [0.4, 0.5) is 0 Å². The molecule has 0 aliphatic rings. The molecule has 0 unspecified atom stereocenters. The molecule has 0 aliphatic carbocycles. The lowest BCUT2D eigenvalue weighted by atomic mass is 10.1. The van der Waals surface area contributed by atoms with Gasteiger partial charge in [0.15, 0.2) is 0 Å². The van der Waals surface area contributed by atoms with Crippen LogP contribution in [0.25, 0.3) is 10.9 Å². The van der Waals surface area contributed by atoms with Crippen molar-refractivity contribution in [3.8, 4) is 0 Å². The Hall–Kier alpha value is -1.04. The first kappa shape index (κ1) is 11.4. The number of aromatic amines is 1. The lowest BCUT2D eigenvalue weighted by Crippen LogP contribution is -2.10. The third-order valence-electron chi connectivity index (χ3n) is 2.60. The van der Waals surface area contributed by atoms with Gasteiger partial charge in [0, 0.05) is 27.1 Å². The number of hydrogen-bond acceptors (Lipinski definition) is 1. The first-order valence-electron chi connectivity index (χ1n) is 5.20. The summed E-state index contributed by atoms with van der Waals surface area (Å²) in [5, 5.41) is 1.25. The van der Waals surface area contributed by atoms with Gasteiger partial charge in [0.1, 0.15) is 0 Å². The number of benzene rings is 1. The van der Waals surface area contributed by atoms with Crippen LogP contribution in [0, 0.1) is 3.57 Å². The molecule has 1 aromatic carbocycles. The van der Waals surface area contributed by atoms with Crippen molar-refractivity contribution in [3.05, 3.63) is 33.5 Å². The number of H-pyrrole nitrogens is 1. The van der Waals surface area contributed by atoms with Gasteiger partial charge in [-0.1, -0.05) is 0 Å². The van der Waals surface area contributed by atoms with Gasteiger partial charge in [-0.2, -0.15) is 0 Å². The minimum Gasteiger partial charge on any atom is -0.370 e. The summed E-state index contributed by atoms with van der Waals surface area (Å²) in [6.07, 6.45) is 4.18. The van der Waals surface area contributed by atoms with E-state index >= 15 is 0 Å². The third-order valence-corrected chi connectivity index (χ3v) is 3.27. The lowest BCUT2D eigenvalue weighted by molar-refractivity contribution is -0.118. The second-order valence-electron chi connectivity index (χ2n) is 3.82. The van der Waals surface area contributed by atoms with Crippen LogP contribution >= 0.6 is 22.6 Å². The van der Waals surface area contributed by atoms with E-state index < -0.39 is 0 Å². The fourth-order valence-electron chi connectivity index (χ4n) is 1.81. The molecule has 1 aromatic heterocycles. The van der Waals surface area contributed by atoms with Crippen molar-refractivity contribution in [2.45, 2.75) is 19.3 Å². The van der Waals surface area contributed by atoms with Crippen LogP contribution in [0.15, 0.2) is 24.4 Å². The average molecular weight is 328 g/mol. The monoisotopic (exact) mass is 328 g/mol. The maximum absolute atomic E-state index is 10.7. The molecule has 4 heteroatoms. The number of nitrogens with one attached hydrogen (secondary N) is 1. The standard InChI is InChI=1S/C12H13IN2O/c13-9-4-5-11-10(6-9)8(7-15-11)2-1-3-12(14)16/h4-7,15H,1-3H2,(H2,14,16). The van der Waals surface area contributed by atoms with Gasteiger partial charge in [0.2, 0.25) is 5.91 Å². The van der Waals surface area contributed by atoms with Crippen LogP contribution in [0.3, 0.4) is 0 Å². The number of hydrogen-bond donors (Lipinski definition) is 2. The molecule has 16 heavy (non-hydrogen) atoms. The molecule has 0 radical (unpaired) electrons. The highest BCUT2D eigenvalue weighted by atomic mass is 127. The summed E-state index contributed by atoms with van der Waals surface area (Å²) in [5.41, 5.74) is 7.53. The van der Waals surface area contributed by atoms with Crippen molar-refractivity contribution in [3.63, 3.8) is 0 Å². The zero-order valence-electron chi connectivity index (χ0n) is 8.79. The highest BCUT2D eigenvalue weighted by Crippen LogP contribution is 2.22. The summed E-state index contributed by atoms with van der Waals surface area (Å²) in [4.78, 5) is 13.9. The molecule has 3 N–H and O–H groups in total. The molecule has 1 heterocycles. The molecular weight excluding hydrogens is 315 g/mol. The van der Waals surface area contributed by atoms with Crippen LogP contribution in [0.5, 0.6) is 0 Å². The zero-order chi connectivity index (χ0) is 11.5. The third kappa shape index (κ3) is 2.55. The van der Waals surface area contributed by atoms with E-state index in [0.717, 1.165) is 18.4 Å². The Morgan fingerprint density at radius 2 is 2.25 bits per heavy atom. The SMILES string of the molecule is NC(=O)CCCc1c[nH]c2ccc(I)cc12. The molecule has 2 aromatic rings. The second-order valence-corrected chi connectivity index (χ2v) is 5.07. The first-order chi connectivity index (χ1) is 7.66. The number of amides is 1. The topological polar surface area (TPSA) is 58.9 Å². The van der Waals surface area contributed by atoms with Crippen LogP contribution in [0.1, 0.15) is 18.4 Å². The molecule has 0 atom stereocenters. The Morgan fingerprint density at radius 1 is 1.44 bits per heavy atom. The number of fused-ring (bicyclic) bond motifs is 1. The van der Waals surface area contributed by atoms with Crippen molar-refractivity contribution in [1.82, 2.24) is 4.98 Å². The summed E-state index contributed by atoms with van der Waals surface area (Å²) in [6, 6.07) is 6.31. The number of aryl methyl sites for hydroxylation is 1. The zero-order valence-corrected chi connectivity index (χ0v) is 11.0. The summed E-state index contributed by atoms with van der Waals surface area (Å²) < 4.78 is 1.22. The van der Waals surface area contributed by atoms with Crippen molar-refractivity contribution in [1.29, 1.82) is 0 Å². The second kappa shape index (κ2) is 4.86. The number of primary amides is 1. The van der Waals surface area contributed by atoms with E-state index in [-0.39, 0.29) is 5.91 Å². The van der Waals surface area contributed by atoms with Crippen LogP contribution in [-0.2, 0) is 11.2 Å². The Balaban J connectivity index is 2.17. The molecule has 1 amide bonds. The number of nitrogens with two attached hydrogens (primary N) is 1. The fourth-order valence-corrected chi connectivity index (χ4v) is 2.30. The smallest absolute Gasteiger partial charge is 0.217 e. The first-order valence-corrected chi connectivity index (χ1v) is 6.28. The number of carbonyl (C=O) groups is 1. The van der Waals surface area contributed by atoms with E-state index in [1.165, 1.54) is 14.5 Å². The van der Waals surface area contributed by atoms with E-state index in [4.69, 9.17) is 5.73 Å². The molecule has 0 saturated carbocycles. The van der Waals surface area contributed by atoms with Crippen molar-refractivity contribution < 1.29 is 4.79 Å². The minimum atomic E-state index is -0.227. The van der Waals surface area contributed by atoms with Gasteiger partial charge in [0.05, 0.1) is 0 Å². The van der Waals surface area contributed by atoms with E-state index in [1.54, 1.807) is 0 Å². The average Bonchev–Trinajstić information content (AvgIpc) is 2.60.